The number of rotatable bonds is 5. The lowest BCUT2D eigenvalue weighted by molar-refractivity contribution is 0.162. The maximum Gasteiger partial charge on any atom is 0.223 e. The molecule has 0 fully saturated rings. The van der Waals surface area contributed by atoms with Crippen molar-refractivity contribution in [3.63, 3.8) is 0 Å². The van der Waals surface area contributed by atoms with Gasteiger partial charge in [0.1, 0.15) is 11.6 Å². The third-order valence-corrected chi connectivity index (χ3v) is 2.56. The summed E-state index contributed by atoms with van der Waals surface area (Å²) in [6, 6.07) is 0. The monoisotopic (exact) mass is 247 g/mol. The molecule has 0 aliphatic rings. The number of terminal acetylenes is 1. The molecule has 0 amide bonds. The molecule has 4 nitrogen and oxygen atoms in total. The van der Waals surface area contributed by atoms with E-state index in [-0.39, 0.29) is 0 Å². The first kappa shape index (κ1) is 14.3. The van der Waals surface area contributed by atoms with E-state index in [2.05, 4.69) is 28.1 Å². The summed E-state index contributed by atoms with van der Waals surface area (Å²) in [5.41, 5.74) is 0.203. The highest BCUT2D eigenvalue weighted by molar-refractivity contribution is 5.48. The molecule has 1 aromatic rings. The Balaban J connectivity index is 3.17. The van der Waals surface area contributed by atoms with E-state index in [0.717, 1.165) is 30.0 Å². The summed E-state index contributed by atoms with van der Waals surface area (Å²) in [5, 5.41) is 3.06. The third kappa shape index (κ3) is 3.36. The Hall–Kier alpha value is -1.76. The zero-order valence-electron chi connectivity index (χ0n) is 11.8. The predicted octanol–water partition coefficient (Wildman–Crippen LogP) is 2.57. The van der Waals surface area contributed by atoms with Crippen molar-refractivity contribution >= 4 is 5.82 Å². The lowest BCUT2D eigenvalue weighted by Crippen LogP contribution is -2.27. The van der Waals surface area contributed by atoms with Crippen molar-refractivity contribution in [2.45, 2.75) is 46.1 Å². The highest BCUT2D eigenvalue weighted by Gasteiger charge is 2.20. The van der Waals surface area contributed by atoms with Crippen LogP contribution in [0.4, 0.5) is 5.82 Å². The lowest BCUT2D eigenvalue weighted by atomic mass is 10.1. The number of nitrogens with zero attached hydrogens (tertiary/aromatic N) is 2. The maximum atomic E-state index is 5.78. The van der Waals surface area contributed by atoms with E-state index < -0.39 is 5.60 Å². The van der Waals surface area contributed by atoms with Crippen LogP contribution in [0.25, 0.3) is 0 Å². The number of aryl methyl sites for hydroxylation is 1. The molecule has 1 N–H and O–H groups in total. The van der Waals surface area contributed by atoms with Crippen LogP contribution in [0.3, 0.4) is 0 Å². The van der Waals surface area contributed by atoms with E-state index in [4.69, 9.17) is 11.2 Å². The highest BCUT2D eigenvalue weighted by Crippen LogP contribution is 2.25. The molecule has 0 spiro atoms. The third-order valence-electron chi connectivity index (χ3n) is 2.56. The van der Waals surface area contributed by atoms with Crippen LogP contribution >= 0.6 is 0 Å². The predicted molar refractivity (Wildman–Crippen MR) is 73.9 cm³/mol. The Labute approximate surface area is 109 Å². The molecule has 0 aliphatic carbocycles. The molecule has 0 saturated heterocycles. The molecule has 0 radical (unpaired) electrons. The van der Waals surface area contributed by atoms with Gasteiger partial charge in [0.15, 0.2) is 5.60 Å². The Bertz CT molecular complexity index is 461. The summed E-state index contributed by atoms with van der Waals surface area (Å²) >= 11 is 0. The zero-order chi connectivity index (χ0) is 13.8. The van der Waals surface area contributed by atoms with Crippen molar-refractivity contribution in [2.75, 3.05) is 12.4 Å². The van der Waals surface area contributed by atoms with Crippen LogP contribution in [0.15, 0.2) is 0 Å². The van der Waals surface area contributed by atoms with Gasteiger partial charge >= 0.3 is 0 Å². The van der Waals surface area contributed by atoms with Crippen molar-refractivity contribution in [3.05, 3.63) is 11.4 Å². The van der Waals surface area contributed by atoms with Gasteiger partial charge in [0, 0.05) is 13.5 Å². The topological polar surface area (TPSA) is 47.0 Å². The van der Waals surface area contributed by atoms with Crippen molar-refractivity contribution in [3.8, 4) is 18.2 Å². The minimum Gasteiger partial charge on any atom is -0.458 e. The van der Waals surface area contributed by atoms with Gasteiger partial charge < -0.3 is 10.1 Å². The highest BCUT2D eigenvalue weighted by atomic mass is 16.5. The second kappa shape index (κ2) is 5.72. The summed E-state index contributed by atoms with van der Waals surface area (Å²) in [7, 11) is 1.83. The average Bonchev–Trinajstić information content (AvgIpc) is 2.33. The van der Waals surface area contributed by atoms with Gasteiger partial charge in [-0.15, -0.1) is 6.42 Å². The molecule has 0 bridgehead atoms. The standard InChI is InChI=1S/C14H21N3O/c1-7-9-11-16-12(15-6)10(3)13(17-11)18-14(4,5)8-2/h2H,7,9H2,1,3-6H3,(H,15,16,17). The number of nitrogens with one attached hydrogen (secondary N) is 1. The van der Waals surface area contributed by atoms with Crippen LogP contribution in [0, 0.1) is 19.3 Å². The molecular weight excluding hydrogens is 226 g/mol. The van der Waals surface area contributed by atoms with Gasteiger partial charge in [0.05, 0.1) is 5.56 Å². The Kier molecular flexibility index (Phi) is 4.55. The molecule has 98 valence electrons. The molecule has 18 heavy (non-hydrogen) atoms. The van der Waals surface area contributed by atoms with Gasteiger partial charge in [-0.05, 0) is 27.2 Å². The van der Waals surface area contributed by atoms with E-state index in [9.17, 15) is 0 Å². The molecule has 0 unspecified atom stereocenters. The Morgan fingerprint density at radius 1 is 1.39 bits per heavy atom. The average molecular weight is 247 g/mol. The van der Waals surface area contributed by atoms with Crippen molar-refractivity contribution < 1.29 is 4.74 Å². The van der Waals surface area contributed by atoms with E-state index >= 15 is 0 Å². The van der Waals surface area contributed by atoms with Crippen molar-refractivity contribution in [2.24, 2.45) is 0 Å². The van der Waals surface area contributed by atoms with Crippen molar-refractivity contribution in [1.29, 1.82) is 0 Å². The van der Waals surface area contributed by atoms with E-state index in [1.54, 1.807) is 0 Å². The first-order chi connectivity index (χ1) is 8.43. The fraction of sp³-hybridized carbons (Fsp3) is 0.571. The molecule has 0 atom stereocenters. The van der Waals surface area contributed by atoms with Crippen LogP contribution in [-0.2, 0) is 6.42 Å². The molecule has 1 aromatic heterocycles. The van der Waals surface area contributed by atoms with Gasteiger partial charge in [-0.3, -0.25) is 0 Å². The SMILES string of the molecule is C#CC(C)(C)Oc1nc(CCC)nc(NC)c1C. The summed E-state index contributed by atoms with van der Waals surface area (Å²) in [6.45, 7) is 7.69. The molecule has 0 aromatic carbocycles. The van der Waals surface area contributed by atoms with Crippen LogP contribution in [-0.4, -0.2) is 22.6 Å². The summed E-state index contributed by atoms with van der Waals surface area (Å²) in [4.78, 5) is 8.88. The number of hydrogen-bond donors (Lipinski definition) is 1. The largest absolute Gasteiger partial charge is 0.458 e. The first-order valence-electron chi connectivity index (χ1n) is 6.15. The van der Waals surface area contributed by atoms with Crippen LogP contribution in [0.2, 0.25) is 0 Å². The summed E-state index contributed by atoms with van der Waals surface area (Å²) < 4.78 is 5.78. The summed E-state index contributed by atoms with van der Waals surface area (Å²) in [5.74, 6) is 4.72. The number of ether oxygens (including phenoxy) is 1. The quantitative estimate of drug-likeness (QED) is 0.812. The van der Waals surface area contributed by atoms with Crippen LogP contribution in [0.5, 0.6) is 5.88 Å². The lowest BCUT2D eigenvalue weighted by Gasteiger charge is -2.21. The second-order valence-corrected chi connectivity index (χ2v) is 4.68. The Morgan fingerprint density at radius 3 is 2.56 bits per heavy atom. The minimum atomic E-state index is -0.673. The van der Waals surface area contributed by atoms with Crippen LogP contribution in [0.1, 0.15) is 38.6 Å². The fourth-order valence-electron chi connectivity index (χ4n) is 1.49. The van der Waals surface area contributed by atoms with Gasteiger partial charge in [-0.25, -0.2) is 4.98 Å². The van der Waals surface area contributed by atoms with Crippen molar-refractivity contribution in [1.82, 2.24) is 9.97 Å². The smallest absolute Gasteiger partial charge is 0.223 e. The summed E-state index contributed by atoms with van der Waals surface area (Å²) in [6.07, 6.45) is 7.25. The normalized spacial score (nSPS) is 10.9. The number of anilines is 1. The molecule has 4 heteroatoms. The van der Waals surface area contributed by atoms with Gasteiger partial charge in [0.25, 0.3) is 0 Å². The molecule has 0 aliphatic heterocycles. The molecular formula is C14H21N3O. The van der Waals surface area contributed by atoms with Gasteiger partial charge in [0.2, 0.25) is 5.88 Å². The molecule has 1 heterocycles. The number of hydrogen-bond acceptors (Lipinski definition) is 4. The van der Waals surface area contributed by atoms with E-state index in [0.29, 0.717) is 5.88 Å². The van der Waals surface area contributed by atoms with E-state index in [1.807, 2.05) is 27.8 Å². The van der Waals surface area contributed by atoms with Gasteiger partial charge in [-0.1, -0.05) is 12.8 Å². The van der Waals surface area contributed by atoms with E-state index in [1.165, 1.54) is 0 Å². The molecule has 1 rings (SSSR count). The maximum absolute atomic E-state index is 5.78. The van der Waals surface area contributed by atoms with Crippen LogP contribution < -0.4 is 10.1 Å². The fourth-order valence-corrected chi connectivity index (χ4v) is 1.49. The zero-order valence-corrected chi connectivity index (χ0v) is 11.8. The van der Waals surface area contributed by atoms with Gasteiger partial charge in [-0.2, -0.15) is 4.98 Å². The molecule has 0 saturated carbocycles. The second-order valence-electron chi connectivity index (χ2n) is 4.68. The Morgan fingerprint density at radius 2 is 2.06 bits per heavy atom. The number of aromatic nitrogens is 2. The first-order valence-corrected chi connectivity index (χ1v) is 6.15. The minimum absolute atomic E-state index is 0.556.